The van der Waals surface area contributed by atoms with E-state index >= 15 is 0 Å². The molecule has 0 saturated heterocycles. The van der Waals surface area contributed by atoms with Crippen molar-refractivity contribution in [2.24, 2.45) is 11.8 Å². The van der Waals surface area contributed by atoms with Crippen molar-refractivity contribution in [3.63, 3.8) is 0 Å². The van der Waals surface area contributed by atoms with Crippen molar-refractivity contribution in [3.8, 4) is 0 Å². The van der Waals surface area contributed by atoms with Crippen LogP contribution >= 0.6 is 11.6 Å². The SMILES string of the molecule is CC(C(=O)NCCc1ccc(Cl)cc1)C1CC1. The molecule has 2 nitrogen and oxygen atoms in total. The highest BCUT2D eigenvalue weighted by atomic mass is 35.5. The first-order valence-corrected chi connectivity index (χ1v) is 6.57. The summed E-state index contributed by atoms with van der Waals surface area (Å²) in [6.45, 7) is 2.73. The van der Waals surface area contributed by atoms with Crippen molar-refractivity contribution in [3.05, 3.63) is 34.9 Å². The molecular formula is C14H18ClNO. The largest absolute Gasteiger partial charge is 0.356 e. The molecule has 0 bridgehead atoms. The van der Waals surface area contributed by atoms with Crippen LogP contribution in [0.3, 0.4) is 0 Å². The number of carbonyl (C=O) groups excluding carboxylic acids is 1. The van der Waals surface area contributed by atoms with Crippen LogP contribution < -0.4 is 5.32 Å². The average Bonchev–Trinajstić information content (AvgIpc) is 3.14. The molecule has 1 amide bonds. The number of nitrogens with one attached hydrogen (secondary N) is 1. The van der Waals surface area contributed by atoms with Gasteiger partial charge in [0.05, 0.1) is 0 Å². The van der Waals surface area contributed by atoms with Crippen LogP contribution in [-0.2, 0) is 11.2 Å². The Kier molecular flexibility index (Phi) is 4.06. The molecule has 1 aliphatic carbocycles. The molecule has 1 aliphatic rings. The van der Waals surface area contributed by atoms with E-state index in [-0.39, 0.29) is 11.8 Å². The van der Waals surface area contributed by atoms with Gasteiger partial charge in [0, 0.05) is 17.5 Å². The summed E-state index contributed by atoms with van der Waals surface area (Å²) in [6.07, 6.45) is 3.29. The minimum atomic E-state index is 0.181. The summed E-state index contributed by atoms with van der Waals surface area (Å²) in [7, 11) is 0. The van der Waals surface area contributed by atoms with Gasteiger partial charge in [-0.3, -0.25) is 4.79 Å². The molecule has 2 rings (SSSR count). The molecule has 1 atom stereocenters. The maximum Gasteiger partial charge on any atom is 0.223 e. The molecule has 1 saturated carbocycles. The minimum Gasteiger partial charge on any atom is -0.356 e. The van der Waals surface area contributed by atoms with Crippen LogP contribution in [-0.4, -0.2) is 12.5 Å². The van der Waals surface area contributed by atoms with Crippen molar-refractivity contribution in [2.75, 3.05) is 6.54 Å². The predicted octanol–water partition coefficient (Wildman–Crippen LogP) is 3.04. The van der Waals surface area contributed by atoms with E-state index in [1.807, 2.05) is 31.2 Å². The predicted molar refractivity (Wildman–Crippen MR) is 70.1 cm³/mol. The number of rotatable bonds is 5. The first kappa shape index (κ1) is 12.4. The van der Waals surface area contributed by atoms with Crippen LogP contribution in [0.5, 0.6) is 0 Å². The second-order valence-electron chi connectivity index (χ2n) is 4.79. The summed E-state index contributed by atoms with van der Waals surface area (Å²) < 4.78 is 0. The van der Waals surface area contributed by atoms with Gasteiger partial charge in [0.15, 0.2) is 0 Å². The van der Waals surface area contributed by atoms with Gasteiger partial charge in [0.25, 0.3) is 0 Å². The van der Waals surface area contributed by atoms with Gasteiger partial charge < -0.3 is 5.32 Å². The second kappa shape index (κ2) is 5.54. The Morgan fingerprint density at radius 1 is 1.41 bits per heavy atom. The van der Waals surface area contributed by atoms with Gasteiger partial charge in [-0.05, 0) is 42.9 Å². The lowest BCUT2D eigenvalue weighted by atomic mass is 10.1. The number of amides is 1. The highest BCUT2D eigenvalue weighted by Crippen LogP contribution is 2.36. The number of hydrogen-bond donors (Lipinski definition) is 1. The molecule has 1 aromatic carbocycles. The number of hydrogen-bond acceptors (Lipinski definition) is 1. The average molecular weight is 252 g/mol. The highest BCUT2D eigenvalue weighted by Gasteiger charge is 2.32. The van der Waals surface area contributed by atoms with E-state index < -0.39 is 0 Å². The van der Waals surface area contributed by atoms with E-state index in [0.717, 1.165) is 11.4 Å². The van der Waals surface area contributed by atoms with Crippen molar-refractivity contribution in [1.82, 2.24) is 5.32 Å². The fourth-order valence-electron chi connectivity index (χ4n) is 1.95. The number of carbonyl (C=O) groups is 1. The molecule has 1 fully saturated rings. The highest BCUT2D eigenvalue weighted by molar-refractivity contribution is 6.30. The Labute approximate surface area is 107 Å². The Bertz CT molecular complexity index is 384. The van der Waals surface area contributed by atoms with Gasteiger partial charge >= 0.3 is 0 Å². The van der Waals surface area contributed by atoms with Crippen LogP contribution in [0.1, 0.15) is 25.3 Å². The molecule has 0 aromatic heterocycles. The summed E-state index contributed by atoms with van der Waals surface area (Å²) in [5.41, 5.74) is 1.20. The van der Waals surface area contributed by atoms with Gasteiger partial charge in [-0.1, -0.05) is 30.7 Å². The molecule has 92 valence electrons. The lowest BCUT2D eigenvalue weighted by Crippen LogP contribution is -2.31. The Balaban J connectivity index is 1.71. The monoisotopic (exact) mass is 251 g/mol. The van der Waals surface area contributed by atoms with Gasteiger partial charge in [-0.15, -0.1) is 0 Å². The smallest absolute Gasteiger partial charge is 0.223 e. The zero-order valence-electron chi connectivity index (χ0n) is 10.1. The Morgan fingerprint density at radius 2 is 2.06 bits per heavy atom. The number of benzene rings is 1. The van der Waals surface area contributed by atoms with Crippen LogP contribution in [0.2, 0.25) is 5.02 Å². The third kappa shape index (κ3) is 3.74. The van der Waals surface area contributed by atoms with E-state index in [0.29, 0.717) is 12.5 Å². The molecular weight excluding hydrogens is 234 g/mol. The summed E-state index contributed by atoms with van der Waals surface area (Å²) in [5.74, 6) is 1.01. The Morgan fingerprint density at radius 3 is 2.65 bits per heavy atom. The Hall–Kier alpha value is -1.02. The number of halogens is 1. The summed E-state index contributed by atoms with van der Waals surface area (Å²) >= 11 is 5.81. The molecule has 17 heavy (non-hydrogen) atoms. The lowest BCUT2D eigenvalue weighted by Gasteiger charge is -2.10. The van der Waals surface area contributed by atoms with E-state index in [4.69, 9.17) is 11.6 Å². The van der Waals surface area contributed by atoms with Gasteiger partial charge in [-0.25, -0.2) is 0 Å². The summed E-state index contributed by atoms with van der Waals surface area (Å²) in [5, 5.41) is 3.75. The molecule has 0 heterocycles. The second-order valence-corrected chi connectivity index (χ2v) is 5.23. The van der Waals surface area contributed by atoms with Crippen LogP contribution in [0.4, 0.5) is 0 Å². The van der Waals surface area contributed by atoms with E-state index in [1.165, 1.54) is 18.4 Å². The van der Waals surface area contributed by atoms with Gasteiger partial charge in [0.1, 0.15) is 0 Å². The van der Waals surface area contributed by atoms with E-state index in [1.54, 1.807) is 0 Å². The first-order valence-electron chi connectivity index (χ1n) is 6.19. The molecule has 0 radical (unpaired) electrons. The minimum absolute atomic E-state index is 0.181. The van der Waals surface area contributed by atoms with Gasteiger partial charge in [-0.2, -0.15) is 0 Å². The van der Waals surface area contributed by atoms with E-state index in [2.05, 4.69) is 5.32 Å². The van der Waals surface area contributed by atoms with Crippen LogP contribution in [0.25, 0.3) is 0 Å². The third-order valence-corrected chi connectivity index (χ3v) is 3.62. The zero-order valence-corrected chi connectivity index (χ0v) is 10.8. The summed E-state index contributed by atoms with van der Waals surface area (Å²) in [6, 6.07) is 7.76. The van der Waals surface area contributed by atoms with Crippen molar-refractivity contribution in [1.29, 1.82) is 0 Å². The molecule has 3 heteroatoms. The van der Waals surface area contributed by atoms with Crippen molar-refractivity contribution in [2.45, 2.75) is 26.2 Å². The van der Waals surface area contributed by atoms with Crippen LogP contribution in [0.15, 0.2) is 24.3 Å². The van der Waals surface area contributed by atoms with E-state index in [9.17, 15) is 4.79 Å². The first-order chi connectivity index (χ1) is 8.16. The fourth-order valence-corrected chi connectivity index (χ4v) is 2.08. The lowest BCUT2D eigenvalue weighted by molar-refractivity contribution is -0.125. The maximum absolute atomic E-state index is 11.7. The quantitative estimate of drug-likeness (QED) is 0.856. The normalized spacial score (nSPS) is 16.6. The van der Waals surface area contributed by atoms with Crippen LogP contribution in [0, 0.1) is 11.8 Å². The maximum atomic E-state index is 11.7. The molecule has 1 aromatic rings. The molecule has 1 N–H and O–H groups in total. The fraction of sp³-hybridized carbons (Fsp3) is 0.500. The molecule has 1 unspecified atom stereocenters. The van der Waals surface area contributed by atoms with Crippen molar-refractivity contribution >= 4 is 17.5 Å². The van der Waals surface area contributed by atoms with Gasteiger partial charge in [0.2, 0.25) is 5.91 Å². The standard InChI is InChI=1S/C14H18ClNO/c1-10(12-4-5-12)14(17)16-9-8-11-2-6-13(15)7-3-11/h2-3,6-7,10,12H,4-5,8-9H2,1H3,(H,16,17). The third-order valence-electron chi connectivity index (χ3n) is 3.37. The van der Waals surface area contributed by atoms with Crippen molar-refractivity contribution < 1.29 is 4.79 Å². The topological polar surface area (TPSA) is 29.1 Å². The summed E-state index contributed by atoms with van der Waals surface area (Å²) in [4.78, 5) is 11.7. The molecule has 0 spiro atoms. The zero-order chi connectivity index (χ0) is 12.3. The molecule has 0 aliphatic heterocycles.